The SMILES string of the molecule is Brc1ccccc1CNCC1=CCCCC1. The fourth-order valence-electron chi connectivity index (χ4n) is 2.06. The maximum Gasteiger partial charge on any atom is 0.0220 e. The first kappa shape index (κ1) is 11.9. The van der Waals surface area contributed by atoms with E-state index in [0.717, 1.165) is 13.1 Å². The van der Waals surface area contributed by atoms with Crippen molar-refractivity contribution in [1.29, 1.82) is 0 Å². The van der Waals surface area contributed by atoms with Crippen molar-refractivity contribution in [2.24, 2.45) is 0 Å². The lowest BCUT2D eigenvalue weighted by Gasteiger charge is -2.13. The molecule has 1 aromatic rings. The molecule has 0 radical (unpaired) electrons. The quantitative estimate of drug-likeness (QED) is 0.821. The Morgan fingerprint density at radius 1 is 1.12 bits per heavy atom. The van der Waals surface area contributed by atoms with Gasteiger partial charge in [0, 0.05) is 17.6 Å². The molecule has 0 spiro atoms. The standard InChI is InChI=1S/C14H18BrN/c15-14-9-5-4-8-13(14)11-16-10-12-6-2-1-3-7-12/h4-6,8-9,16H,1-3,7,10-11H2. The first-order valence-electron chi connectivity index (χ1n) is 5.98. The molecule has 2 heteroatoms. The summed E-state index contributed by atoms with van der Waals surface area (Å²) in [5.41, 5.74) is 2.91. The molecule has 86 valence electrons. The average molecular weight is 280 g/mol. The Hall–Kier alpha value is -0.600. The Bertz CT molecular complexity index is 371. The van der Waals surface area contributed by atoms with E-state index in [-0.39, 0.29) is 0 Å². The highest BCUT2D eigenvalue weighted by Crippen LogP contribution is 2.18. The predicted octanol–water partition coefficient (Wildman–Crippen LogP) is 4.04. The maximum atomic E-state index is 3.57. The average Bonchev–Trinajstić information content (AvgIpc) is 2.33. The Morgan fingerprint density at radius 2 is 2.00 bits per heavy atom. The molecule has 0 heterocycles. The summed E-state index contributed by atoms with van der Waals surface area (Å²) in [7, 11) is 0. The van der Waals surface area contributed by atoms with Gasteiger partial charge in [-0.05, 0) is 37.3 Å². The molecule has 1 aliphatic carbocycles. The van der Waals surface area contributed by atoms with Crippen LogP contribution in [0.5, 0.6) is 0 Å². The van der Waals surface area contributed by atoms with Crippen LogP contribution in [0.15, 0.2) is 40.4 Å². The van der Waals surface area contributed by atoms with Crippen LogP contribution in [-0.2, 0) is 6.54 Å². The molecule has 0 unspecified atom stereocenters. The molecule has 1 aromatic carbocycles. The van der Waals surface area contributed by atoms with Crippen LogP contribution in [-0.4, -0.2) is 6.54 Å². The van der Waals surface area contributed by atoms with Crippen LogP contribution in [0.3, 0.4) is 0 Å². The van der Waals surface area contributed by atoms with Gasteiger partial charge in [-0.25, -0.2) is 0 Å². The van der Waals surface area contributed by atoms with Crippen molar-refractivity contribution < 1.29 is 0 Å². The molecule has 1 aliphatic rings. The second-order valence-electron chi connectivity index (χ2n) is 4.30. The third kappa shape index (κ3) is 3.46. The van der Waals surface area contributed by atoms with Crippen molar-refractivity contribution in [3.63, 3.8) is 0 Å². The first-order chi connectivity index (χ1) is 7.86. The van der Waals surface area contributed by atoms with Gasteiger partial charge in [-0.1, -0.05) is 45.8 Å². The van der Waals surface area contributed by atoms with Crippen molar-refractivity contribution in [3.8, 4) is 0 Å². The molecular formula is C14H18BrN. The second kappa shape index (κ2) is 6.21. The monoisotopic (exact) mass is 279 g/mol. The van der Waals surface area contributed by atoms with E-state index in [2.05, 4.69) is 51.6 Å². The minimum absolute atomic E-state index is 0.943. The van der Waals surface area contributed by atoms with Gasteiger partial charge in [0.1, 0.15) is 0 Å². The lowest BCUT2D eigenvalue weighted by Crippen LogP contribution is -2.17. The minimum Gasteiger partial charge on any atom is -0.309 e. The summed E-state index contributed by atoms with van der Waals surface area (Å²) in [4.78, 5) is 0. The molecule has 1 N–H and O–H groups in total. The number of benzene rings is 1. The van der Waals surface area contributed by atoms with Crippen LogP contribution < -0.4 is 5.32 Å². The number of halogens is 1. The van der Waals surface area contributed by atoms with Gasteiger partial charge < -0.3 is 5.32 Å². The van der Waals surface area contributed by atoms with Gasteiger partial charge >= 0.3 is 0 Å². The molecule has 1 nitrogen and oxygen atoms in total. The number of allylic oxidation sites excluding steroid dienone is 1. The van der Waals surface area contributed by atoms with Crippen molar-refractivity contribution in [2.45, 2.75) is 32.2 Å². The van der Waals surface area contributed by atoms with E-state index in [1.807, 2.05) is 0 Å². The Balaban J connectivity index is 1.80. The highest BCUT2D eigenvalue weighted by Gasteiger charge is 2.03. The van der Waals surface area contributed by atoms with Crippen molar-refractivity contribution >= 4 is 15.9 Å². The van der Waals surface area contributed by atoms with Crippen LogP contribution in [0.1, 0.15) is 31.2 Å². The van der Waals surface area contributed by atoms with Gasteiger partial charge in [0.15, 0.2) is 0 Å². The fourth-order valence-corrected chi connectivity index (χ4v) is 2.49. The number of hydrogen-bond donors (Lipinski definition) is 1. The van der Waals surface area contributed by atoms with E-state index < -0.39 is 0 Å². The van der Waals surface area contributed by atoms with Crippen molar-refractivity contribution in [3.05, 3.63) is 46.0 Å². The first-order valence-corrected chi connectivity index (χ1v) is 6.77. The molecule has 0 aromatic heterocycles. The van der Waals surface area contributed by atoms with Gasteiger partial charge in [-0.15, -0.1) is 0 Å². The normalized spacial score (nSPS) is 15.9. The molecule has 0 aliphatic heterocycles. The van der Waals surface area contributed by atoms with Crippen LogP contribution >= 0.6 is 15.9 Å². The summed E-state index contributed by atoms with van der Waals surface area (Å²) < 4.78 is 1.19. The van der Waals surface area contributed by atoms with Crippen LogP contribution in [0.2, 0.25) is 0 Å². The number of nitrogens with one attached hydrogen (secondary N) is 1. The Morgan fingerprint density at radius 3 is 2.75 bits per heavy atom. The summed E-state index contributed by atoms with van der Waals surface area (Å²) in [5.74, 6) is 0. The minimum atomic E-state index is 0.943. The highest BCUT2D eigenvalue weighted by molar-refractivity contribution is 9.10. The summed E-state index contributed by atoms with van der Waals surface area (Å²) in [6.07, 6.45) is 7.68. The van der Waals surface area contributed by atoms with Gasteiger partial charge in [0.05, 0.1) is 0 Å². The van der Waals surface area contributed by atoms with Crippen molar-refractivity contribution in [1.82, 2.24) is 5.32 Å². The molecule has 0 atom stereocenters. The van der Waals surface area contributed by atoms with E-state index in [1.165, 1.54) is 35.7 Å². The molecular weight excluding hydrogens is 262 g/mol. The van der Waals surface area contributed by atoms with Crippen molar-refractivity contribution in [2.75, 3.05) is 6.54 Å². The van der Waals surface area contributed by atoms with Crippen LogP contribution in [0, 0.1) is 0 Å². The third-order valence-corrected chi connectivity index (χ3v) is 3.78. The summed E-state index contributed by atoms with van der Waals surface area (Å²) in [6.45, 7) is 1.99. The van der Waals surface area contributed by atoms with Gasteiger partial charge in [-0.3, -0.25) is 0 Å². The lowest BCUT2D eigenvalue weighted by atomic mass is 10.00. The molecule has 0 bridgehead atoms. The summed E-state index contributed by atoms with van der Waals surface area (Å²) >= 11 is 3.57. The van der Waals surface area contributed by atoms with E-state index in [0.29, 0.717) is 0 Å². The van der Waals surface area contributed by atoms with E-state index in [9.17, 15) is 0 Å². The van der Waals surface area contributed by atoms with E-state index in [1.54, 1.807) is 5.57 Å². The zero-order chi connectivity index (χ0) is 11.2. The Kier molecular flexibility index (Phi) is 4.61. The lowest BCUT2D eigenvalue weighted by molar-refractivity contribution is 0.647. The maximum absolute atomic E-state index is 3.57. The molecule has 0 amide bonds. The largest absolute Gasteiger partial charge is 0.309 e. The predicted molar refractivity (Wildman–Crippen MR) is 72.4 cm³/mol. The summed E-state index contributed by atoms with van der Waals surface area (Å²) in [6, 6.07) is 8.39. The molecule has 0 fully saturated rings. The molecule has 0 saturated heterocycles. The molecule has 0 saturated carbocycles. The van der Waals surface area contributed by atoms with Gasteiger partial charge in [0.25, 0.3) is 0 Å². The van der Waals surface area contributed by atoms with Gasteiger partial charge in [-0.2, -0.15) is 0 Å². The number of hydrogen-bond acceptors (Lipinski definition) is 1. The van der Waals surface area contributed by atoms with E-state index >= 15 is 0 Å². The topological polar surface area (TPSA) is 12.0 Å². The highest BCUT2D eigenvalue weighted by atomic mass is 79.9. The second-order valence-corrected chi connectivity index (χ2v) is 5.16. The fraction of sp³-hybridized carbons (Fsp3) is 0.429. The number of rotatable bonds is 4. The molecule has 16 heavy (non-hydrogen) atoms. The van der Waals surface area contributed by atoms with E-state index in [4.69, 9.17) is 0 Å². The summed E-state index contributed by atoms with van der Waals surface area (Å²) in [5, 5.41) is 3.51. The van der Waals surface area contributed by atoms with Crippen LogP contribution in [0.4, 0.5) is 0 Å². The zero-order valence-electron chi connectivity index (χ0n) is 9.51. The van der Waals surface area contributed by atoms with Crippen LogP contribution in [0.25, 0.3) is 0 Å². The third-order valence-electron chi connectivity index (χ3n) is 3.01. The Labute approximate surface area is 106 Å². The van der Waals surface area contributed by atoms with Gasteiger partial charge in [0.2, 0.25) is 0 Å². The zero-order valence-corrected chi connectivity index (χ0v) is 11.1. The molecule has 2 rings (SSSR count). The smallest absolute Gasteiger partial charge is 0.0220 e.